The lowest BCUT2D eigenvalue weighted by molar-refractivity contribution is -0.143. The number of nitrogens with one attached hydrogen (secondary N) is 3. The first kappa shape index (κ1) is 49.3. The van der Waals surface area contributed by atoms with Gasteiger partial charge in [0.1, 0.15) is 12.1 Å². The second kappa shape index (κ2) is 21.6. The number of alkyl halides is 1. The van der Waals surface area contributed by atoms with E-state index in [-0.39, 0.29) is 43.7 Å². The highest BCUT2D eigenvalue weighted by Crippen LogP contribution is 2.39. The average molecular weight is 792 g/mol. The quantitative estimate of drug-likeness (QED) is 0.104. The van der Waals surface area contributed by atoms with E-state index in [2.05, 4.69) is 57.1 Å². The Kier molecular flexibility index (Phi) is 19.4. The Morgan fingerprint density at radius 2 is 1.56 bits per heavy atom. The summed E-state index contributed by atoms with van der Waals surface area (Å²) in [4.78, 5) is 81.5. The molecule has 0 spiro atoms. The number of primary amides is 1. The average Bonchev–Trinajstić information content (AvgIpc) is 3.72. The summed E-state index contributed by atoms with van der Waals surface area (Å²) in [5.74, 6) is -3.67. The molecule has 2 aliphatic heterocycles. The molecule has 0 aromatic rings. The molecule has 2 rings (SSSR count). The van der Waals surface area contributed by atoms with Gasteiger partial charge in [0.05, 0.1) is 12.6 Å². The molecule has 55 heavy (non-hydrogen) atoms. The zero-order valence-electron chi connectivity index (χ0n) is 35.7. The fourth-order valence-corrected chi connectivity index (χ4v) is 6.62. The summed E-state index contributed by atoms with van der Waals surface area (Å²) in [5, 5.41) is 8.07. The highest BCUT2D eigenvalue weighted by atomic mass is 35.5. The smallest absolute Gasteiger partial charge is 0.315 e. The van der Waals surface area contributed by atoms with Crippen LogP contribution in [-0.4, -0.2) is 94.4 Å². The second-order valence-electron chi connectivity index (χ2n) is 18.0. The van der Waals surface area contributed by atoms with E-state index < -0.39 is 58.0 Å². The van der Waals surface area contributed by atoms with E-state index in [0.29, 0.717) is 24.9 Å². The molecule has 1 fully saturated rings. The van der Waals surface area contributed by atoms with Crippen LogP contribution in [0.4, 0.5) is 4.79 Å². The van der Waals surface area contributed by atoms with Crippen molar-refractivity contribution < 1.29 is 28.8 Å². The molecule has 5 N–H and O–H groups in total. The van der Waals surface area contributed by atoms with Crippen LogP contribution in [0.3, 0.4) is 0 Å². The standard InChI is InChI=1S/C37H59ClN6O6.C5H12/c1-10-14-16-23(5)17-27(30(46)32(39)47)41-33(48)28-18-26(37(9,38)13-4)22-44(28)34(49)31(36(6,7)8)42-35(50)40-19-29(45)43-20-24(12-3)25(21-43)15-11-2;1-5(2,3)4/h11-12,15,23,26-28,31H,3,10,13-14,16-22H2,1-2,4-9H3,(H2,39,47)(H,41,48)(H2,40,42,50);1-4H3/b15-11-;/t23?,26-,27?,28+,31?,37?;/m1./s1. The van der Waals surface area contributed by atoms with Crippen molar-refractivity contribution in [1.29, 1.82) is 0 Å². The van der Waals surface area contributed by atoms with Crippen molar-refractivity contribution in [3.8, 4) is 0 Å². The highest BCUT2D eigenvalue weighted by Gasteiger charge is 2.49. The number of likely N-dealkylation sites (tertiary alicyclic amines) is 1. The molecular formula is C42H71ClN6O6. The highest BCUT2D eigenvalue weighted by molar-refractivity contribution is 6.37. The van der Waals surface area contributed by atoms with Crippen molar-refractivity contribution >= 4 is 47.0 Å². The molecule has 0 aliphatic carbocycles. The van der Waals surface area contributed by atoms with Crippen molar-refractivity contribution in [1.82, 2.24) is 25.8 Å². The van der Waals surface area contributed by atoms with Gasteiger partial charge >= 0.3 is 6.03 Å². The molecule has 13 heteroatoms. The van der Waals surface area contributed by atoms with E-state index in [4.69, 9.17) is 17.3 Å². The number of amides is 6. The summed E-state index contributed by atoms with van der Waals surface area (Å²) < 4.78 is 0. The van der Waals surface area contributed by atoms with Crippen molar-refractivity contribution in [2.24, 2.45) is 28.4 Å². The predicted octanol–water partition coefficient (Wildman–Crippen LogP) is 6.03. The van der Waals surface area contributed by atoms with Crippen LogP contribution in [0.1, 0.15) is 122 Å². The molecule has 312 valence electrons. The molecule has 0 radical (unpaired) electrons. The van der Waals surface area contributed by atoms with Crippen LogP contribution in [-0.2, 0) is 24.0 Å². The minimum absolute atomic E-state index is 0.0321. The number of unbranched alkanes of at least 4 members (excludes halogenated alkanes) is 1. The lowest BCUT2D eigenvalue weighted by atomic mass is 9.85. The molecular weight excluding hydrogens is 720 g/mol. The number of carbonyl (C=O) groups excluding carboxylic acids is 6. The van der Waals surface area contributed by atoms with E-state index in [1.807, 2.05) is 39.8 Å². The zero-order chi connectivity index (χ0) is 42.5. The number of hydrogen-bond donors (Lipinski definition) is 4. The third-order valence-electron chi connectivity index (χ3n) is 9.88. The summed E-state index contributed by atoms with van der Waals surface area (Å²) in [5.41, 5.74) is 6.98. The van der Waals surface area contributed by atoms with Gasteiger partial charge in [-0.15, -0.1) is 11.6 Å². The minimum Gasteiger partial charge on any atom is -0.363 e. The molecule has 6 atom stereocenters. The first-order valence-corrected chi connectivity index (χ1v) is 20.1. The van der Waals surface area contributed by atoms with Gasteiger partial charge in [0, 0.05) is 24.5 Å². The number of nitrogens with two attached hydrogens (primary N) is 1. The van der Waals surface area contributed by atoms with E-state index >= 15 is 0 Å². The Morgan fingerprint density at radius 3 is 2.05 bits per heavy atom. The lowest BCUT2D eigenvalue weighted by Gasteiger charge is -2.36. The van der Waals surface area contributed by atoms with Crippen LogP contribution in [0.2, 0.25) is 0 Å². The predicted molar refractivity (Wildman–Crippen MR) is 221 cm³/mol. The second-order valence-corrected chi connectivity index (χ2v) is 18.8. The van der Waals surface area contributed by atoms with Crippen molar-refractivity contribution in [3.05, 3.63) is 36.0 Å². The van der Waals surface area contributed by atoms with Crippen LogP contribution in [0.5, 0.6) is 0 Å². The van der Waals surface area contributed by atoms with E-state index in [1.54, 1.807) is 31.7 Å². The molecule has 0 aromatic heterocycles. The summed E-state index contributed by atoms with van der Waals surface area (Å²) in [6.45, 7) is 28.3. The Labute approximate surface area is 335 Å². The molecule has 2 aliphatic rings. The molecule has 12 nitrogen and oxygen atoms in total. The van der Waals surface area contributed by atoms with Gasteiger partial charge in [0.25, 0.3) is 5.91 Å². The maximum absolute atomic E-state index is 14.4. The van der Waals surface area contributed by atoms with Gasteiger partial charge in [0.15, 0.2) is 0 Å². The number of halogens is 1. The third kappa shape index (κ3) is 16.1. The lowest BCUT2D eigenvalue weighted by Crippen LogP contribution is -2.60. The topological polar surface area (TPSA) is 171 Å². The van der Waals surface area contributed by atoms with Crippen molar-refractivity contribution in [2.45, 2.75) is 145 Å². The number of carbonyl (C=O) groups is 6. The van der Waals surface area contributed by atoms with Gasteiger partial charge in [-0.3, -0.25) is 24.0 Å². The fraction of sp³-hybridized carbons (Fsp3) is 0.714. The van der Waals surface area contributed by atoms with Crippen LogP contribution in [0.15, 0.2) is 36.0 Å². The van der Waals surface area contributed by atoms with Crippen LogP contribution < -0.4 is 21.7 Å². The monoisotopic (exact) mass is 791 g/mol. The maximum Gasteiger partial charge on any atom is 0.315 e. The summed E-state index contributed by atoms with van der Waals surface area (Å²) in [6, 6.07) is -3.96. The number of hydrogen-bond acceptors (Lipinski definition) is 6. The first-order chi connectivity index (χ1) is 25.3. The van der Waals surface area contributed by atoms with Crippen LogP contribution >= 0.6 is 11.6 Å². The van der Waals surface area contributed by atoms with Crippen LogP contribution in [0.25, 0.3) is 0 Å². The Balaban J connectivity index is 0.00000283. The number of rotatable bonds is 17. The van der Waals surface area contributed by atoms with Gasteiger partial charge in [-0.25, -0.2) is 4.79 Å². The SMILES string of the molecule is C=CC1=C(/C=C\C)CN(C(=O)CNC(=O)NC(C(=O)N2C[C@H](C(C)(Cl)CC)C[C@H]2C(=O)NC(CC(C)CCCC)C(=O)C(N)=O)C(C)(C)C)C1.CC(C)(C)C. The van der Waals surface area contributed by atoms with E-state index in [1.165, 1.54) is 4.90 Å². The molecule has 1 saturated heterocycles. The number of urea groups is 1. The van der Waals surface area contributed by atoms with Gasteiger partial charge in [-0.1, -0.05) is 113 Å². The van der Waals surface area contributed by atoms with E-state index in [0.717, 1.165) is 30.4 Å². The first-order valence-electron chi connectivity index (χ1n) is 19.7. The Hall–Kier alpha value is -3.67. The molecule has 0 bridgehead atoms. The summed E-state index contributed by atoms with van der Waals surface area (Å²) in [7, 11) is 0. The van der Waals surface area contributed by atoms with Crippen molar-refractivity contribution in [2.75, 3.05) is 26.2 Å². The molecule has 4 unspecified atom stereocenters. The summed E-state index contributed by atoms with van der Waals surface area (Å²) in [6.07, 6.45) is 9.25. The molecule has 0 saturated carbocycles. The fourth-order valence-electron chi connectivity index (χ4n) is 6.46. The zero-order valence-corrected chi connectivity index (χ0v) is 36.5. The number of nitrogens with zero attached hydrogens (tertiary/aromatic N) is 2. The number of ketones is 1. The molecule has 2 heterocycles. The normalized spacial score (nSPS) is 20.2. The number of allylic oxidation sites excluding steroid dienone is 1. The van der Waals surface area contributed by atoms with Gasteiger partial charge < -0.3 is 31.5 Å². The van der Waals surface area contributed by atoms with Crippen LogP contribution in [0, 0.1) is 22.7 Å². The van der Waals surface area contributed by atoms with Gasteiger partial charge in [-0.2, -0.15) is 0 Å². The number of Topliss-reactive ketones (excluding diaryl/α,β-unsaturated/α-hetero) is 1. The van der Waals surface area contributed by atoms with E-state index in [9.17, 15) is 28.8 Å². The van der Waals surface area contributed by atoms with Crippen molar-refractivity contribution in [3.63, 3.8) is 0 Å². The molecule has 0 aromatic carbocycles. The minimum atomic E-state index is -1.14. The van der Waals surface area contributed by atoms with Gasteiger partial charge in [0.2, 0.25) is 23.5 Å². The summed E-state index contributed by atoms with van der Waals surface area (Å²) >= 11 is 6.89. The largest absolute Gasteiger partial charge is 0.363 e. The van der Waals surface area contributed by atoms with Gasteiger partial charge in [-0.05, 0) is 66.9 Å². The molecule has 6 amide bonds. The Morgan fingerprint density at radius 1 is 0.982 bits per heavy atom. The maximum atomic E-state index is 14.4. The Bertz CT molecular complexity index is 1440. The third-order valence-corrected chi connectivity index (χ3v) is 10.5.